The highest BCUT2D eigenvalue weighted by molar-refractivity contribution is 5.94. The Hall–Kier alpha value is -2.98. The average molecular weight is 504 g/mol. The van der Waals surface area contributed by atoms with Gasteiger partial charge in [0.2, 0.25) is 17.7 Å². The molecule has 7 N–H and O–H groups in total. The lowest BCUT2D eigenvalue weighted by atomic mass is 9.98. The fourth-order valence-electron chi connectivity index (χ4n) is 4.40. The minimum absolute atomic E-state index is 0.246. The minimum atomic E-state index is -1.11. The van der Waals surface area contributed by atoms with E-state index >= 15 is 0 Å². The Labute approximate surface area is 213 Å². The molecule has 0 saturated carbocycles. The van der Waals surface area contributed by atoms with Gasteiger partial charge in [0.1, 0.15) is 18.1 Å². The quantitative estimate of drug-likeness (QED) is 0.234. The molecule has 1 aliphatic rings. The number of nitrogens with one attached hydrogen (secondary N) is 2. The highest BCUT2D eigenvalue weighted by atomic mass is 16.4. The first-order valence-electron chi connectivity index (χ1n) is 12.8. The molecule has 36 heavy (non-hydrogen) atoms. The van der Waals surface area contributed by atoms with E-state index in [1.807, 2.05) is 37.3 Å². The van der Waals surface area contributed by atoms with E-state index in [4.69, 9.17) is 11.5 Å². The summed E-state index contributed by atoms with van der Waals surface area (Å²) in [7, 11) is 0. The van der Waals surface area contributed by atoms with Gasteiger partial charge >= 0.3 is 5.97 Å². The second-order valence-corrected chi connectivity index (χ2v) is 9.54. The second kappa shape index (κ2) is 14.5. The Bertz CT molecular complexity index is 881. The maximum Gasteiger partial charge on any atom is 0.326 e. The van der Waals surface area contributed by atoms with Crippen molar-refractivity contribution in [3.05, 3.63) is 35.9 Å². The van der Waals surface area contributed by atoms with E-state index in [-0.39, 0.29) is 18.2 Å². The van der Waals surface area contributed by atoms with Crippen LogP contribution in [0.3, 0.4) is 0 Å². The summed E-state index contributed by atoms with van der Waals surface area (Å²) in [4.78, 5) is 52.7. The molecule has 1 aliphatic heterocycles. The topological polar surface area (TPSA) is 168 Å². The first-order chi connectivity index (χ1) is 17.2. The van der Waals surface area contributed by atoms with Gasteiger partial charge in [-0.3, -0.25) is 14.4 Å². The normalized spacial score (nSPS) is 18.7. The first-order valence-corrected chi connectivity index (χ1v) is 12.8. The molecule has 3 amide bonds. The molecule has 1 aromatic rings. The number of rotatable bonds is 14. The maximum absolute atomic E-state index is 13.7. The van der Waals surface area contributed by atoms with Gasteiger partial charge in [0, 0.05) is 13.0 Å². The lowest BCUT2D eigenvalue weighted by Crippen LogP contribution is -2.57. The summed E-state index contributed by atoms with van der Waals surface area (Å²) in [5.74, 6) is -2.66. The number of carboxylic acids is 1. The predicted octanol–water partition coefficient (Wildman–Crippen LogP) is 0.777. The number of carboxylic acid groups (broad SMARTS) is 1. The Morgan fingerprint density at radius 2 is 1.83 bits per heavy atom. The van der Waals surface area contributed by atoms with Crippen molar-refractivity contribution in [1.29, 1.82) is 0 Å². The molecule has 1 heterocycles. The molecule has 5 unspecified atom stereocenters. The Balaban J connectivity index is 2.18. The van der Waals surface area contributed by atoms with Gasteiger partial charge in [0.15, 0.2) is 0 Å². The second-order valence-electron chi connectivity index (χ2n) is 9.54. The number of aliphatic carboxylic acids is 1. The number of hydrogen-bond acceptors (Lipinski definition) is 6. The molecule has 10 nitrogen and oxygen atoms in total. The van der Waals surface area contributed by atoms with Crippen LogP contribution in [0.4, 0.5) is 0 Å². The summed E-state index contributed by atoms with van der Waals surface area (Å²) in [6.45, 7) is 4.48. The molecule has 10 heteroatoms. The van der Waals surface area contributed by atoms with Gasteiger partial charge in [0.05, 0.1) is 6.04 Å². The van der Waals surface area contributed by atoms with Gasteiger partial charge in [-0.25, -0.2) is 4.79 Å². The largest absolute Gasteiger partial charge is 0.480 e. The zero-order valence-electron chi connectivity index (χ0n) is 21.3. The number of nitrogens with two attached hydrogens (primary N) is 2. The highest BCUT2D eigenvalue weighted by Crippen LogP contribution is 2.21. The fourth-order valence-corrected chi connectivity index (χ4v) is 4.40. The lowest BCUT2D eigenvalue weighted by molar-refractivity contribution is -0.146. The third-order valence-electron chi connectivity index (χ3n) is 6.82. The van der Waals surface area contributed by atoms with Gasteiger partial charge in [0.25, 0.3) is 0 Å². The molecular weight excluding hydrogens is 462 g/mol. The van der Waals surface area contributed by atoms with E-state index in [0.717, 1.165) is 12.0 Å². The van der Waals surface area contributed by atoms with E-state index in [1.165, 1.54) is 4.90 Å². The zero-order chi connectivity index (χ0) is 26.7. The molecule has 0 radical (unpaired) electrons. The minimum Gasteiger partial charge on any atom is -0.480 e. The number of carbonyl (C=O) groups is 4. The van der Waals surface area contributed by atoms with Gasteiger partial charge in [-0.05, 0) is 43.7 Å². The lowest BCUT2D eigenvalue weighted by Gasteiger charge is -2.30. The smallest absolute Gasteiger partial charge is 0.326 e. The molecule has 1 fully saturated rings. The van der Waals surface area contributed by atoms with Crippen LogP contribution in [-0.2, 0) is 25.6 Å². The van der Waals surface area contributed by atoms with Crippen LogP contribution in [0.15, 0.2) is 30.3 Å². The average Bonchev–Trinajstić information content (AvgIpc) is 3.36. The number of unbranched alkanes of at least 4 members (excludes halogenated alkanes) is 1. The number of hydrogen-bond donors (Lipinski definition) is 5. The third-order valence-corrected chi connectivity index (χ3v) is 6.82. The van der Waals surface area contributed by atoms with Crippen molar-refractivity contribution in [2.45, 2.75) is 83.0 Å². The molecule has 0 bridgehead atoms. The summed E-state index contributed by atoms with van der Waals surface area (Å²) in [6, 6.07) is 5.79. The highest BCUT2D eigenvalue weighted by Gasteiger charge is 2.39. The van der Waals surface area contributed by atoms with Crippen LogP contribution >= 0.6 is 0 Å². The summed E-state index contributed by atoms with van der Waals surface area (Å²) in [6.07, 6.45) is 3.78. The maximum atomic E-state index is 13.7. The van der Waals surface area contributed by atoms with Gasteiger partial charge < -0.3 is 32.1 Å². The molecule has 200 valence electrons. The summed E-state index contributed by atoms with van der Waals surface area (Å²) < 4.78 is 0. The monoisotopic (exact) mass is 503 g/mol. The number of nitrogens with zero attached hydrogens (tertiary/aromatic N) is 1. The van der Waals surface area contributed by atoms with E-state index in [2.05, 4.69) is 10.6 Å². The molecule has 0 spiro atoms. The van der Waals surface area contributed by atoms with Crippen molar-refractivity contribution in [1.82, 2.24) is 15.5 Å². The van der Waals surface area contributed by atoms with Crippen LogP contribution in [-0.4, -0.2) is 71.0 Å². The van der Waals surface area contributed by atoms with Crippen LogP contribution in [0.25, 0.3) is 0 Å². The van der Waals surface area contributed by atoms with Crippen LogP contribution < -0.4 is 22.1 Å². The molecule has 0 aromatic heterocycles. The van der Waals surface area contributed by atoms with Crippen molar-refractivity contribution in [2.24, 2.45) is 17.4 Å². The summed E-state index contributed by atoms with van der Waals surface area (Å²) in [5.41, 5.74) is 12.4. The molecule has 2 rings (SSSR count). The van der Waals surface area contributed by atoms with Gasteiger partial charge in [-0.15, -0.1) is 0 Å². The summed E-state index contributed by atoms with van der Waals surface area (Å²) >= 11 is 0. The number of likely N-dealkylation sites (tertiary alicyclic amines) is 1. The van der Waals surface area contributed by atoms with Crippen molar-refractivity contribution < 1.29 is 24.3 Å². The molecular formula is C26H41N5O5. The standard InChI is InChI=1S/C26H41N5O5/c1-3-17(2)22(26(35)36)30-24(33)21-13-9-15-31(21)25(34)20(16-18-10-5-4-6-11-18)29-23(32)19(28)12-7-8-14-27/h4-6,10-11,17,19-22H,3,7-9,12-16,27-28H2,1-2H3,(H,29,32)(H,30,33)(H,35,36). The summed E-state index contributed by atoms with van der Waals surface area (Å²) in [5, 5.41) is 15.0. The van der Waals surface area contributed by atoms with Crippen molar-refractivity contribution in [3.63, 3.8) is 0 Å². The van der Waals surface area contributed by atoms with Crippen LogP contribution in [0, 0.1) is 5.92 Å². The molecule has 0 aliphatic carbocycles. The van der Waals surface area contributed by atoms with E-state index < -0.39 is 42.0 Å². The van der Waals surface area contributed by atoms with Gasteiger partial charge in [-0.2, -0.15) is 0 Å². The SMILES string of the molecule is CCC(C)C(NC(=O)C1CCCN1C(=O)C(Cc1ccccc1)NC(=O)C(N)CCCCN)C(=O)O. The number of carbonyl (C=O) groups excluding carboxylic acids is 3. The Morgan fingerprint density at radius 3 is 2.44 bits per heavy atom. The van der Waals surface area contributed by atoms with Crippen molar-refractivity contribution >= 4 is 23.7 Å². The zero-order valence-corrected chi connectivity index (χ0v) is 21.3. The van der Waals surface area contributed by atoms with Crippen LogP contribution in [0.2, 0.25) is 0 Å². The molecule has 1 aromatic carbocycles. The van der Waals surface area contributed by atoms with Gasteiger partial charge in [-0.1, -0.05) is 57.0 Å². The first kappa shape index (κ1) is 29.3. The van der Waals surface area contributed by atoms with E-state index in [1.54, 1.807) is 6.92 Å². The number of benzene rings is 1. The van der Waals surface area contributed by atoms with Crippen molar-refractivity contribution in [3.8, 4) is 0 Å². The van der Waals surface area contributed by atoms with E-state index in [0.29, 0.717) is 45.2 Å². The third kappa shape index (κ3) is 8.30. The van der Waals surface area contributed by atoms with E-state index in [9.17, 15) is 24.3 Å². The Kier molecular flexibility index (Phi) is 11.8. The fraction of sp³-hybridized carbons (Fsp3) is 0.615. The van der Waals surface area contributed by atoms with Crippen molar-refractivity contribution in [2.75, 3.05) is 13.1 Å². The molecule has 1 saturated heterocycles. The van der Waals surface area contributed by atoms with Crippen LogP contribution in [0.1, 0.15) is 57.9 Å². The predicted molar refractivity (Wildman–Crippen MR) is 137 cm³/mol. The molecule has 5 atom stereocenters. The van der Waals surface area contributed by atoms with Crippen LogP contribution in [0.5, 0.6) is 0 Å². The Morgan fingerprint density at radius 1 is 1.14 bits per heavy atom. The number of amides is 3.